The molecule has 3 heterocycles. The molecule has 2 N–H and O–H groups in total. The highest BCUT2D eigenvalue weighted by Crippen LogP contribution is 2.33. The summed E-state index contributed by atoms with van der Waals surface area (Å²) >= 11 is 0. The van der Waals surface area contributed by atoms with E-state index in [0.29, 0.717) is 11.5 Å². The SMILES string of the molecule is CC(C)NC(=O)c1cnc(N[C@H]2CC[C@@H](Oc3cc(N4CCOCC4)cc4nccnc34)CC2)nc1. The van der Waals surface area contributed by atoms with Crippen LogP contribution in [0, 0.1) is 0 Å². The molecule has 2 aromatic heterocycles. The van der Waals surface area contributed by atoms with Gasteiger partial charge in [0, 0.05) is 61.7 Å². The normalized spacial score (nSPS) is 20.4. The summed E-state index contributed by atoms with van der Waals surface area (Å²) in [7, 11) is 0. The van der Waals surface area contributed by atoms with Gasteiger partial charge in [-0.05, 0) is 45.6 Å². The fourth-order valence-corrected chi connectivity index (χ4v) is 4.68. The molecule has 0 spiro atoms. The van der Waals surface area contributed by atoms with Gasteiger partial charge in [-0.1, -0.05) is 0 Å². The summed E-state index contributed by atoms with van der Waals surface area (Å²) in [6.45, 7) is 7.00. The predicted molar refractivity (Wildman–Crippen MR) is 137 cm³/mol. The Morgan fingerprint density at radius 1 is 1.03 bits per heavy atom. The van der Waals surface area contributed by atoms with Crippen molar-refractivity contribution in [3.05, 3.63) is 42.5 Å². The third-order valence-electron chi connectivity index (χ3n) is 6.53. The summed E-state index contributed by atoms with van der Waals surface area (Å²) in [5.41, 5.74) is 3.19. The fourth-order valence-electron chi connectivity index (χ4n) is 4.68. The molecule has 2 aliphatic rings. The number of aromatic nitrogens is 4. The van der Waals surface area contributed by atoms with Gasteiger partial charge in [0.25, 0.3) is 5.91 Å². The van der Waals surface area contributed by atoms with Crippen molar-refractivity contribution in [2.45, 2.75) is 57.7 Å². The first-order valence-corrected chi connectivity index (χ1v) is 12.7. The molecule has 190 valence electrons. The Hall–Kier alpha value is -3.53. The molecule has 1 aliphatic carbocycles. The molecule has 5 rings (SSSR count). The summed E-state index contributed by atoms with van der Waals surface area (Å²) in [6.07, 6.45) is 10.4. The second kappa shape index (κ2) is 11.0. The minimum absolute atomic E-state index is 0.0691. The van der Waals surface area contributed by atoms with Crippen LogP contribution in [0.1, 0.15) is 49.9 Å². The highest BCUT2D eigenvalue weighted by Gasteiger charge is 2.25. The number of nitrogens with one attached hydrogen (secondary N) is 2. The maximum absolute atomic E-state index is 12.1. The summed E-state index contributed by atoms with van der Waals surface area (Å²) in [6, 6.07) is 4.51. The summed E-state index contributed by atoms with van der Waals surface area (Å²) in [5.74, 6) is 1.17. The lowest BCUT2D eigenvalue weighted by molar-refractivity contribution is 0.0942. The summed E-state index contributed by atoms with van der Waals surface area (Å²) < 4.78 is 12.0. The van der Waals surface area contributed by atoms with E-state index in [1.165, 1.54) is 0 Å². The van der Waals surface area contributed by atoms with Crippen LogP contribution in [0.4, 0.5) is 11.6 Å². The van der Waals surface area contributed by atoms with E-state index >= 15 is 0 Å². The molecular weight excluding hydrogens is 458 g/mol. The fraction of sp³-hybridized carbons (Fsp3) is 0.500. The Morgan fingerprint density at radius 3 is 2.47 bits per heavy atom. The number of nitrogens with zero attached hydrogens (tertiary/aromatic N) is 5. The van der Waals surface area contributed by atoms with Crippen molar-refractivity contribution in [2.24, 2.45) is 0 Å². The number of rotatable bonds is 7. The molecule has 0 unspecified atom stereocenters. The zero-order valence-electron chi connectivity index (χ0n) is 20.8. The Bertz CT molecular complexity index is 1170. The topological polar surface area (TPSA) is 114 Å². The summed E-state index contributed by atoms with van der Waals surface area (Å²) in [5, 5.41) is 6.25. The third kappa shape index (κ3) is 5.81. The molecule has 2 fully saturated rings. The van der Waals surface area contributed by atoms with Gasteiger partial charge in [0.05, 0.1) is 30.4 Å². The molecule has 0 atom stereocenters. The average molecular weight is 492 g/mol. The number of hydrogen-bond donors (Lipinski definition) is 2. The standard InChI is InChI=1S/C26H33N7O3/c1-17(2)31-25(34)18-15-29-26(30-16-18)32-19-3-5-21(6-4-19)36-23-14-20(33-9-11-35-12-10-33)13-22-24(23)28-8-7-27-22/h7-8,13-17,19,21H,3-6,9-12H2,1-2H3,(H,31,34)(H,29,30,32)/t19-,21+. The van der Waals surface area contributed by atoms with Gasteiger partial charge in [0.15, 0.2) is 0 Å². The van der Waals surface area contributed by atoms with Crippen LogP contribution in [0.2, 0.25) is 0 Å². The maximum Gasteiger partial charge on any atom is 0.254 e. The molecule has 36 heavy (non-hydrogen) atoms. The maximum atomic E-state index is 12.1. The molecule has 3 aromatic rings. The number of ether oxygens (including phenoxy) is 2. The number of morpholine rings is 1. The molecule has 1 aliphatic heterocycles. The van der Waals surface area contributed by atoms with Crippen LogP contribution in [0.3, 0.4) is 0 Å². The highest BCUT2D eigenvalue weighted by atomic mass is 16.5. The number of hydrogen-bond acceptors (Lipinski definition) is 9. The highest BCUT2D eigenvalue weighted by molar-refractivity contribution is 5.93. The van der Waals surface area contributed by atoms with Crippen molar-refractivity contribution < 1.29 is 14.3 Å². The number of benzene rings is 1. The van der Waals surface area contributed by atoms with E-state index in [-0.39, 0.29) is 24.1 Å². The Labute approximate surface area is 210 Å². The second-order valence-corrected chi connectivity index (χ2v) is 9.63. The van der Waals surface area contributed by atoms with Gasteiger partial charge in [-0.2, -0.15) is 0 Å². The Balaban J connectivity index is 1.20. The first-order chi connectivity index (χ1) is 17.5. The van der Waals surface area contributed by atoms with E-state index in [0.717, 1.165) is 74.5 Å². The van der Waals surface area contributed by atoms with E-state index < -0.39 is 0 Å². The lowest BCUT2D eigenvalue weighted by Crippen LogP contribution is -2.36. The van der Waals surface area contributed by atoms with Crippen LogP contribution in [0.25, 0.3) is 11.0 Å². The van der Waals surface area contributed by atoms with E-state index in [1.54, 1.807) is 24.8 Å². The van der Waals surface area contributed by atoms with Gasteiger partial charge in [-0.25, -0.2) is 15.0 Å². The molecule has 0 radical (unpaired) electrons. The van der Waals surface area contributed by atoms with Crippen LogP contribution in [-0.4, -0.2) is 70.3 Å². The Kier molecular flexibility index (Phi) is 7.41. The predicted octanol–water partition coefficient (Wildman–Crippen LogP) is 3.20. The van der Waals surface area contributed by atoms with Crippen LogP contribution < -0.4 is 20.3 Å². The van der Waals surface area contributed by atoms with Gasteiger partial charge >= 0.3 is 0 Å². The molecule has 10 nitrogen and oxygen atoms in total. The molecule has 1 saturated carbocycles. The largest absolute Gasteiger partial charge is 0.488 e. The first-order valence-electron chi connectivity index (χ1n) is 12.7. The smallest absolute Gasteiger partial charge is 0.254 e. The molecule has 10 heteroatoms. The molecular formula is C26H33N7O3. The average Bonchev–Trinajstić information content (AvgIpc) is 2.90. The van der Waals surface area contributed by atoms with Crippen molar-refractivity contribution in [3.8, 4) is 5.75 Å². The summed E-state index contributed by atoms with van der Waals surface area (Å²) in [4.78, 5) is 32.1. The molecule has 1 saturated heterocycles. The van der Waals surface area contributed by atoms with E-state index in [9.17, 15) is 4.79 Å². The number of carbonyl (C=O) groups excluding carboxylic acids is 1. The van der Waals surface area contributed by atoms with Crippen molar-refractivity contribution in [3.63, 3.8) is 0 Å². The number of amides is 1. The van der Waals surface area contributed by atoms with Gasteiger partial charge in [0.2, 0.25) is 5.95 Å². The lowest BCUT2D eigenvalue weighted by atomic mass is 9.93. The van der Waals surface area contributed by atoms with Crippen molar-refractivity contribution in [1.82, 2.24) is 25.3 Å². The van der Waals surface area contributed by atoms with Crippen molar-refractivity contribution in [2.75, 3.05) is 36.5 Å². The third-order valence-corrected chi connectivity index (χ3v) is 6.53. The van der Waals surface area contributed by atoms with Crippen LogP contribution >= 0.6 is 0 Å². The Morgan fingerprint density at radius 2 is 1.75 bits per heavy atom. The van der Waals surface area contributed by atoms with Gasteiger partial charge in [0.1, 0.15) is 11.3 Å². The number of fused-ring (bicyclic) bond motifs is 1. The zero-order chi connectivity index (χ0) is 24.9. The van der Waals surface area contributed by atoms with E-state index in [1.807, 2.05) is 13.8 Å². The minimum atomic E-state index is -0.163. The van der Waals surface area contributed by atoms with Crippen LogP contribution in [0.5, 0.6) is 5.75 Å². The second-order valence-electron chi connectivity index (χ2n) is 9.63. The van der Waals surface area contributed by atoms with Gasteiger partial charge < -0.3 is 25.0 Å². The van der Waals surface area contributed by atoms with Gasteiger partial charge in [-0.15, -0.1) is 0 Å². The number of anilines is 2. The van der Waals surface area contributed by atoms with Gasteiger partial charge in [-0.3, -0.25) is 9.78 Å². The zero-order valence-corrected chi connectivity index (χ0v) is 20.8. The molecule has 1 aromatic carbocycles. The minimum Gasteiger partial charge on any atom is -0.488 e. The lowest BCUT2D eigenvalue weighted by Gasteiger charge is -2.31. The molecule has 1 amide bonds. The van der Waals surface area contributed by atoms with E-state index in [2.05, 4.69) is 47.6 Å². The van der Waals surface area contributed by atoms with Crippen LogP contribution in [0.15, 0.2) is 36.9 Å². The molecule has 0 bridgehead atoms. The van der Waals surface area contributed by atoms with Crippen molar-refractivity contribution >= 4 is 28.6 Å². The first kappa shape index (κ1) is 24.2. The number of carbonyl (C=O) groups is 1. The van der Waals surface area contributed by atoms with Crippen LogP contribution in [-0.2, 0) is 4.74 Å². The monoisotopic (exact) mass is 491 g/mol. The quantitative estimate of drug-likeness (QED) is 0.514. The van der Waals surface area contributed by atoms with E-state index in [4.69, 9.17) is 9.47 Å². The van der Waals surface area contributed by atoms with Crippen molar-refractivity contribution in [1.29, 1.82) is 0 Å².